The molecule has 8 heteroatoms. The van der Waals surface area contributed by atoms with Crippen molar-refractivity contribution in [2.75, 3.05) is 22.8 Å². The summed E-state index contributed by atoms with van der Waals surface area (Å²) in [6.45, 7) is 0.0327. The first-order valence-corrected chi connectivity index (χ1v) is 9.61. The van der Waals surface area contributed by atoms with Gasteiger partial charge < -0.3 is 5.11 Å². The molecule has 0 amide bonds. The third-order valence-corrected chi connectivity index (χ3v) is 7.02. The molecule has 112 valence electrons. The predicted molar refractivity (Wildman–Crippen MR) is 76.8 cm³/mol. The maximum absolute atomic E-state index is 12.1. The molecule has 1 saturated heterocycles. The number of aliphatic hydroxyl groups excluding tert-OH is 1. The molecular formula is C12H17NO5S2. The Labute approximate surface area is 118 Å². The molecule has 0 bridgehead atoms. The van der Waals surface area contributed by atoms with E-state index in [0.29, 0.717) is 12.1 Å². The number of benzene rings is 1. The molecule has 0 spiro atoms. The van der Waals surface area contributed by atoms with Gasteiger partial charge in [-0.3, -0.25) is 4.72 Å². The van der Waals surface area contributed by atoms with Crippen LogP contribution in [0.5, 0.6) is 0 Å². The molecule has 1 atom stereocenters. The molecular weight excluding hydrogens is 302 g/mol. The van der Waals surface area contributed by atoms with Crippen molar-refractivity contribution in [2.24, 2.45) is 0 Å². The maximum Gasteiger partial charge on any atom is 0.236 e. The molecule has 0 aliphatic carbocycles. The first-order valence-electron chi connectivity index (χ1n) is 6.24. The van der Waals surface area contributed by atoms with Gasteiger partial charge in [0.2, 0.25) is 10.0 Å². The second-order valence-electron chi connectivity index (χ2n) is 4.84. The molecule has 1 aromatic carbocycles. The Morgan fingerprint density at radius 3 is 2.40 bits per heavy atom. The Bertz CT molecular complexity index is 664. The first kappa shape index (κ1) is 15.3. The molecule has 1 unspecified atom stereocenters. The summed E-state index contributed by atoms with van der Waals surface area (Å²) >= 11 is 0. The van der Waals surface area contributed by atoms with E-state index in [2.05, 4.69) is 4.72 Å². The van der Waals surface area contributed by atoms with Gasteiger partial charge in [0.25, 0.3) is 0 Å². The summed E-state index contributed by atoms with van der Waals surface area (Å²) in [5, 5.41) is 7.92. The minimum atomic E-state index is -3.69. The molecule has 2 N–H and O–H groups in total. The summed E-state index contributed by atoms with van der Waals surface area (Å²) < 4.78 is 49.3. The highest BCUT2D eigenvalue weighted by Crippen LogP contribution is 2.21. The van der Waals surface area contributed by atoms with E-state index in [1.807, 2.05) is 0 Å². The summed E-state index contributed by atoms with van der Waals surface area (Å²) in [7, 11) is -6.92. The smallest absolute Gasteiger partial charge is 0.236 e. The van der Waals surface area contributed by atoms with Crippen LogP contribution in [0.25, 0.3) is 0 Å². The van der Waals surface area contributed by atoms with Crippen LogP contribution < -0.4 is 4.72 Å². The average Bonchev–Trinajstić information content (AvgIpc) is 2.73. The van der Waals surface area contributed by atoms with Crippen molar-refractivity contribution in [1.82, 2.24) is 0 Å². The fraction of sp³-hybridized carbons (Fsp3) is 0.500. The van der Waals surface area contributed by atoms with Crippen molar-refractivity contribution < 1.29 is 21.9 Å². The molecule has 1 heterocycles. The summed E-state index contributed by atoms with van der Waals surface area (Å²) in [5.41, 5.74) is 1.30. The minimum absolute atomic E-state index is 0.0327. The highest BCUT2D eigenvalue weighted by atomic mass is 32.2. The Morgan fingerprint density at radius 2 is 1.90 bits per heavy atom. The fourth-order valence-electron chi connectivity index (χ4n) is 2.12. The van der Waals surface area contributed by atoms with Gasteiger partial charge >= 0.3 is 0 Å². The van der Waals surface area contributed by atoms with E-state index < -0.39 is 25.1 Å². The topological polar surface area (TPSA) is 101 Å². The van der Waals surface area contributed by atoms with Crippen LogP contribution in [0.1, 0.15) is 12.0 Å². The lowest BCUT2D eigenvalue weighted by molar-refractivity contribution is 0.299. The van der Waals surface area contributed by atoms with Crippen molar-refractivity contribution >= 4 is 25.5 Å². The highest BCUT2D eigenvalue weighted by Gasteiger charge is 2.37. The number of nitrogens with one attached hydrogen (secondary N) is 1. The highest BCUT2D eigenvalue weighted by molar-refractivity contribution is 7.97. The number of rotatable bonds is 5. The van der Waals surface area contributed by atoms with Gasteiger partial charge in [-0.05, 0) is 30.5 Å². The van der Waals surface area contributed by atoms with Gasteiger partial charge in [0.05, 0.1) is 16.8 Å². The number of anilines is 1. The third kappa shape index (κ3) is 3.71. The molecule has 2 rings (SSSR count). The van der Waals surface area contributed by atoms with E-state index >= 15 is 0 Å². The Balaban J connectivity index is 2.08. The lowest BCUT2D eigenvalue weighted by Crippen LogP contribution is -2.28. The van der Waals surface area contributed by atoms with Gasteiger partial charge in [-0.2, -0.15) is 0 Å². The summed E-state index contributed by atoms with van der Waals surface area (Å²) in [6.07, 6.45) is 0.647. The third-order valence-electron chi connectivity index (χ3n) is 3.24. The maximum atomic E-state index is 12.1. The van der Waals surface area contributed by atoms with Gasteiger partial charge in [0.15, 0.2) is 9.84 Å². The number of sulfone groups is 1. The molecule has 0 radical (unpaired) electrons. The van der Waals surface area contributed by atoms with Gasteiger partial charge in [-0.1, -0.05) is 12.1 Å². The normalized spacial score (nSPS) is 21.8. The standard InChI is InChI=1S/C12H17NO5S2/c14-7-5-10-1-3-11(4-2-10)13-20(17,18)12-6-8-19(15,16)9-12/h1-4,12-14H,5-9H2. The van der Waals surface area contributed by atoms with Gasteiger partial charge in [-0.15, -0.1) is 0 Å². The van der Waals surface area contributed by atoms with Crippen LogP contribution >= 0.6 is 0 Å². The van der Waals surface area contributed by atoms with Crippen LogP contribution in [0.4, 0.5) is 5.69 Å². The van der Waals surface area contributed by atoms with Crippen LogP contribution in [0, 0.1) is 0 Å². The molecule has 1 aliphatic heterocycles. The second kappa shape index (κ2) is 5.71. The monoisotopic (exact) mass is 319 g/mol. The van der Waals surface area contributed by atoms with Crippen molar-refractivity contribution in [3.8, 4) is 0 Å². The van der Waals surface area contributed by atoms with Gasteiger partial charge in [0.1, 0.15) is 0 Å². The molecule has 1 aromatic rings. The zero-order valence-electron chi connectivity index (χ0n) is 10.8. The van der Waals surface area contributed by atoms with E-state index in [0.717, 1.165) is 5.56 Å². The molecule has 1 fully saturated rings. The number of hydrogen-bond acceptors (Lipinski definition) is 5. The van der Waals surface area contributed by atoms with Crippen molar-refractivity contribution in [2.45, 2.75) is 18.1 Å². The lowest BCUT2D eigenvalue weighted by Gasteiger charge is -2.12. The van der Waals surface area contributed by atoms with E-state index in [-0.39, 0.29) is 24.5 Å². The average molecular weight is 319 g/mol. The van der Waals surface area contributed by atoms with Crippen LogP contribution in [-0.4, -0.2) is 45.3 Å². The van der Waals surface area contributed by atoms with E-state index in [9.17, 15) is 16.8 Å². The van der Waals surface area contributed by atoms with Crippen molar-refractivity contribution in [1.29, 1.82) is 0 Å². The molecule has 0 aromatic heterocycles. The lowest BCUT2D eigenvalue weighted by atomic mass is 10.1. The Morgan fingerprint density at radius 1 is 1.25 bits per heavy atom. The molecule has 20 heavy (non-hydrogen) atoms. The Hall–Kier alpha value is -1.12. The molecule has 0 saturated carbocycles. The summed E-state index contributed by atoms with van der Waals surface area (Å²) in [4.78, 5) is 0. The first-order chi connectivity index (χ1) is 9.32. The quantitative estimate of drug-likeness (QED) is 0.804. The van der Waals surface area contributed by atoms with Gasteiger partial charge in [-0.25, -0.2) is 16.8 Å². The number of hydrogen-bond donors (Lipinski definition) is 2. The van der Waals surface area contributed by atoms with E-state index in [4.69, 9.17) is 5.11 Å². The summed E-state index contributed by atoms with van der Waals surface area (Å²) in [5.74, 6) is -0.390. The second-order valence-corrected chi connectivity index (χ2v) is 9.03. The molecule has 6 nitrogen and oxygen atoms in total. The van der Waals surface area contributed by atoms with Crippen LogP contribution in [0.2, 0.25) is 0 Å². The van der Waals surface area contributed by atoms with E-state index in [1.54, 1.807) is 24.3 Å². The van der Waals surface area contributed by atoms with Crippen LogP contribution in [0.15, 0.2) is 24.3 Å². The van der Waals surface area contributed by atoms with Gasteiger partial charge in [0, 0.05) is 12.3 Å². The largest absolute Gasteiger partial charge is 0.396 e. The molecule has 1 aliphatic rings. The fourth-order valence-corrected chi connectivity index (χ4v) is 6.21. The zero-order valence-corrected chi connectivity index (χ0v) is 12.5. The number of sulfonamides is 1. The predicted octanol–water partition coefficient (Wildman–Crippen LogP) is 0.150. The minimum Gasteiger partial charge on any atom is -0.396 e. The number of aliphatic hydroxyl groups is 1. The van der Waals surface area contributed by atoms with Crippen molar-refractivity contribution in [3.05, 3.63) is 29.8 Å². The van der Waals surface area contributed by atoms with Crippen LogP contribution in [0.3, 0.4) is 0 Å². The summed E-state index contributed by atoms with van der Waals surface area (Å²) in [6, 6.07) is 6.65. The van der Waals surface area contributed by atoms with Crippen molar-refractivity contribution in [3.63, 3.8) is 0 Å². The van der Waals surface area contributed by atoms with Crippen LogP contribution in [-0.2, 0) is 26.3 Å². The van der Waals surface area contributed by atoms with E-state index in [1.165, 1.54) is 0 Å². The zero-order chi connectivity index (χ0) is 14.8. The Kier molecular flexibility index (Phi) is 4.36. The SMILES string of the molecule is O=S1(=O)CCC(S(=O)(=O)Nc2ccc(CCO)cc2)C1.